The molecule has 29 heavy (non-hydrogen) atoms. The Morgan fingerprint density at radius 2 is 0.724 bits per heavy atom. The smallest absolute Gasteiger partial charge is 0.116 e. The molecule has 0 saturated heterocycles. The van der Waals surface area contributed by atoms with Crippen LogP contribution in [0.4, 0.5) is 0 Å². The molecule has 4 heteroatoms. The van der Waals surface area contributed by atoms with E-state index >= 15 is 0 Å². The maximum Gasteiger partial charge on any atom is 0.116 e. The lowest BCUT2D eigenvalue weighted by Gasteiger charge is -2.27. The zero-order valence-electron chi connectivity index (χ0n) is 15.8. The summed E-state index contributed by atoms with van der Waals surface area (Å²) in [6, 6.07) is 44.0. The number of hydrogen-bond acceptors (Lipinski definition) is 0. The first-order valence-corrected chi connectivity index (χ1v) is 14.8. The minimum atomic E-state index is -1.78. The van der Waals surface area contributed by atoms with E-state index in [-0.39, 0.29) is 17.0 Å². The lowest BCUT2D eigenvalue weighted by atomic mass is 10.2. The summed E-state index contributed by atoms with van der Waals surface area (Å²) < 4.78 is 0. The van der Waals surface area contributed by atoms with E-state index in [1.165, 1.54) is 21.5 Å². The van der Waals surface area contributed by atoms with Crippen LogP contribution in [0, 0.1) is 0 Å². The molecule has 4 aromatic rings. The monoisotopic (exact) mass is 590 g/mol. The highest BCUT2D eigenvalue weighted by atomic mass is 80.9. The predicted molar refractivity (Wildman–Crippen MR) is 133 cm³/mol. The first-order chi connectivity index (χ1) is 13.9. The Morgan fingerprint density at radius 3 is 1.03 bits per heavy atom. The standard InChI is InChI=1S/C25H22P.Br2.BrH/c1-5-13-22(14-6-1)21-26(23-15-7-2-8-16-23,24-17-9-3-10-18-24)25-19-11-4-12-20-25;1-2;/h1-20H,21H2;;1H/q+1;;/p-1. The highest BCUT2D eigenvalue weighted by Gasteiger charge is 2.45. The van der Waals surface area contributed by atoms with E-state index in [2.05, 4.69) is 150 Å². The molecule has 4 aromatic carbocycles. The molecular weight excluding hydrogens is 571 g/mol. The zero-order chi connectivity index (χ0) is 19.7. The van der Waals surface area contributed by atoms with Gasteiger partial charge in [-0.2, -0.15) is 0 Å². The molecule has 0 N–H and O–H groups in total. The van der Waals surface area contributed by atoms with Crippen molar-refractivity contribution < 1.29 is 17.0 Å². The minimum Gasteiger partial charge on any atom is -1.00 e. The fourth-order valence-corrected chi connectivity index (χ4v) is 7.87. The third-order valence-corrected chi connectivity index (χ3v) is 9.23. The van der Waals surface area contributed by atoms with Crippen molar-refractivity contribution in [2.24, 2.45) is 0 Å². The van der Waals surface area contributed by atoms with E-state index in [1.54, 1.807) is 0 Å². The molecule has 0 aliphatic carbocycles. The van der Waals surface area contributed by atoms with Gasteiger partial charge in [0.25, 0.3) is 0 Å². The third kappa shape index (κ3) is 5.67. The first kappa shape index (κ1) is 24.0. The number of benzene rings is 4. The summed E-state index contributed by atoms with van der Waals surface area (Å²) in [5.74, 6) is 0. The average molecular weight is 593 g/mol. The highest BCUT2D eigenvalue weighted by Crippen LogP contribution is 2.58. The summed E-state index contributed by atoms with van der Waals surface area (Å²) in [5.41, 5.74) is 1.39. The van der Waals surface area contributed by atoms with Gasteiger partial charge >= 0.3 is 0 Å². The molecule has 0 unspecified atom stereocenters. The Kier molecular flexibility index (Phi) is 10.3. The van der Waals surface area contributed by atoms with E-state index in [1.807, 2.05) is 0 Å². The average Bonchev–Trinajstić information content (AvgIpc) is 2.81. The summed E-state index contributed by atoms with van der Waals surface area (Å²) >= 11 is 5.50. The Hall–Kier alpha value is -1.25. The van der Waals surface area contributed by atoms with Crippen molar-refractivity contribution >= 4 is 51.4 Å². The Balaban J connectivity index is 0.000000970. The van der Waals surface area contributed by atoms with Crippen molar-refractivity contribution in [1.82, 2.24) is 0 Å². The van der Waals surface area contributed by atoms with Gasteiger partial charge in [-0.15, -0.1) is 0 Å². The van der Waals surface area contributed by atoms with Gasteiger partial charge < -0.3 is 17.0 Å². The number of halogens is 3. The molecule has 0 heterocycles. The van der Waals surface area contributed by atoms with Crippen molar-refractivity contribution in [2.45, 2.75) is 6.16 Å². The summed E-state index contributed by atoms with van der Waals surface area (Å²) in [7, 11) is -1.78. The fourth-order valence-electron chi connectivity index (χ4n) is 3.63. The van der Waals surface area contributed by atoms with Gasteiger partial charge in [0.2, 0.25) is 0 Å². The van der Waals surface area contributed by atoms with Crippen LogP contribution in [0.1, 0.15) is 5.56 Å². The molecule has 0 saturated carbocycles. The minimum absolute atomic E-state index is 0. The molecule has 0 nitrogen and oxygen atoms in total. The van der Waals surface area contributed by atoms with Crippen molar-refractivity contribution in [3.8, 4) is 0 Å². The summed E-state index contributed by atoms with van der Waals surface area (Å²) in [6.45, 7) is 0. The molecule has 4 rings (SSSR count). The number of hydrogen-bond donors (Lipinski definition) is 0. The lowest BCUT2D eigenvalue weighted by molar-refractivity contribution is -0.00000523. The van der Waals surface area contributed by atoms with Gasteiger partial charge in [0.15, 0.2) is 0 Å². The SMILES string of the molecule is BrBr.[Br-].c1ccc(C[P+](c2ccccc2)(c2ccccc2)c2ccccc2)cc1. The predicted octanol–water partition coefficient (Wildman–Crippen LogP) is 3.88. The van der Waals surface area contributed by atoms with Crippen LogP contribution in [0.15, 0.2) is 121 Å². The topological polar surface area (TPSA) is 0 Å². The molecular formula is C25H22Br3P. The van der Waals surface area contributed by atoms with Gasteiger partial charge in [-0.25, -0.2) is 0 Å². The molecule has 0 amide bonds. The van der Waals surface area contributed by atoms with Gasteiger partial charge in [-0.3, -0.25) is 0 Å². The van der Waals surface area contributed by atoms with Gasteiger partial charge in [0.1, 0.15) is 23.2 Å². The Labute approximate surface area is 200 Å². The van der Waals surface area contributed by atoms with E-state index < -0.39 is 7.26 Å². The molecule has 0 aromatic heterocycles. The quantitative estimate of drug-likeness (QED) is 0.309. The second kappa shape index (κ2) is 12.4. The van der Waals surface area contributed by atoms with Crippen LogP contribution < -0.4 is 32.9 Å². The third-order valence-electron chi connectivity index (χ3n) is 4.85. The van der Waals surface area contributed by atoms with Gasteiger partial charge in [-0.05, 0) is 42.0 Å². The van der Waals surface area contributed by atoms with Crippen molar-refractivity contribution in [1.29, 1.82) is 0 Å². The van der Waals surface area contributed by atoms with Crippen LogP contribution in [0.25, 0.3) is 0 Å². The molecule has 0 bridgehead atoms. The lowest BCUT2D eigenvalue weighted by Crippen LogP contribution is -3.00. The van der Waals surface area contributed by atoms with Gasteiger partial charge in [0.05, 0.1) is 6.16 Å². The van der Waals surface area contributed by atoms with Crippen LogP contribution >= 0.6 is 35.5 Å². The van der Waals surface area contributed by atoms with Gasteiger partial charge in [0, 0.05) is 28.3 Å². The molecule has 0 aliphatic rings. The van der Waals surface area contributed by atoms with Crippen LogP contribution in [-0.2, 0) is 6.16 Å². The first-order valence-electron chi connectivity index (χ1n) is 9.13. The van der Waals surface area contributed by atoms with Gasteiger partial charge in [-0.1, -0.05) is 84.9 Å². The Morgan fingerprint density at radius 1 is 0.448 bits per heavy atom. The highest BCUT2D eigenvalue weighted by molar-refractivity contribution is 9.93. The summed E-state index contributed by atoms with van der Waals surface area (Å²) in [4.78, 5) is 0. The molecule has 148 valence electrons. The fraction of sp³-hybridized carbons (Fsp3) is 0.0400. The normalized spacial score (nSPS) is 10.3. The Bertz CT molecular complexity index is 850. The molecule has 0 spiro atoms. The maximum atomic E-state index is 2.75. The van der Waals surface area contributed by atoms with Crippen LogP contribution in [0.3, 0.4) is 0 Å². The second-order valence-electron chi connectivity index (χ2n) is 6.46. The van der Waals surface area contributed by atoms with E-state index in [4.69, 9.17) is 0 Å². The van der Waals surface area contributed by atoms with Crippen LogP contribution in [0.2, 0.25) is 0 Å². The summed E-state index contributed by atoms with van der Waals surface area (Å²) in [5, 5.41) is 4.30. The molecule has 0 fully saturated rings. The summed E-state index contributed by atoms with van der Waals surface area (Å²) in [6.07, 6.45) is 1.03. The van der Waals surface area contributed by atoms with Crippen molar-refractivity contribution in [3.63, 3.8) is 0 Å². The molecule has 0 atom stereocenters. The van der Waals surface area contributed by atoms with E-state index in [0.29, 0.717) is 0 Å². The van der Waals surface area contributed by atoms with Crippen LogP contribution in [-0.4, -0.2) is 0 Å². The van der Waals surface area contributed by atoms with Crippen molar-refractivity contribution in [3.05, 3.63) is 127 Å². The number of rotatable bonds is 5. The molecule has 0 aliphatic heterocycles. The maximum absolute atomic E-state index is 2.75. The van der Waals surface area contributed by atoms with E-state index in [9.17, 15) is 0 Å². The van der Waals surface area contributed by atoms with Crippen molar-refractivity contribution in [2.75, 3.05) is 0 Å². The zero-order valence-corrected chi connectivity index (χ0v) is 21.5. The molecule has 0 radical (unpaired) electrons. The second-order valence-corrected chi connectivity index (χ2v) is 9.95. The largest absolute Gasteiger partial charge is 1.00 e. The van der Waals surface area contributed by atoms with E-state index in [0.717, 1.165) is 6.16 Å². The van der Waals surface area contributed by atoms with Crippen LogP contribution in [0.5, 0.6) is 0 Å².